The van der Waals surface area contributed by atoms with Crippen LogP contribution in [0.2, 0.25) is 0 Å². The molecule has 1 atom stereocenters. The van der Waals surface area contributed by atoms with Crippen LogP contribution in [0.15, 0.2) is 60.7 Å². The number of carboxylic acid groups (broad SMARTS) is 1. The summed E-state index contributed by atoms with van der Waals surface area (Å²) in [5.74, 6) is -1.25. The number of para-hydroxylation sites is 2. The number of carbonyl (C=O) groups is 1. The van der Waals surface area contributed by atoms with Crippen LogP contribution < -0.4 is 34.7 Å². The van der Waals surface area contributed by atoms with Crippen molar-refractivity contribution in [1.29, 1.82) is 0 Å². The first kappa shape index (κ1) is 19.7. The molecule has 0 aliphatic carbocycles. The summed E-state index contributed by atoms with van der Waals surface area (Å²) >= 11 is 0. The van der Waals surface area contributed by atoms with Crippen LogP contribution in [0.25, 0.3) is 16.6 Å². The van der Waals surface area contributed by atoms with Gasteiger partial charge in [-0.2, -0.15) is 0 Å². The molecular weight excluding hydrogens is 325 g/mol. The Bertz CT molecular complexity index is 866. The topological polar surface area (TPSA) is 54.3 Å². The van der Waals surface area contributed by atoms with Gasteiger partial charge in [0.05, 0.1) is 22.8 Å². The summed E-state index contributed by atoms with van der Waals surface area (Å²) in [6.45, 7) is 5.50. The zero-order valence-corrected chi connectivity index (χ0v) is 17.0. The molecule has 4 nitrogen and oxygen atoms in total. The van der Waals surface area contributed by atoms with Crippen LogP contribution in [0.1, 0.15) is 32.6 Å². The third-order valence-corrected chi connectivity index (χ3v) is 3.71. The molecule has 0 N–H and O–H groups in total. The molecular formula is C20H20NNaO3. The van der Waals surface area contributed by atoms with Gasteiger partial charge in [-0.3, -0.25) is 0 Å². The number of rotatable bonds is 4. The number of hydrogen-bond acceptors (Lipinski definition) is 3. The van der Waals surface area contributed by atoms with Crippen molar-refractivity contribution in [3.63, 3.8) is 0 Å². The van der Waals surface area contributed by atoms with Crippen molar-refractivity contribution in [3.05, 3.63) is 66.4 Å². The number of ether oxygens (including phenoxy) is 1. The number of hydrogen-bond donors (Lipinski definition) is 0. The molecule has 124 valence electrons. The van der Waals surface area contributed by atoms with E-state index in [1.807, 2.05) is 86.0 Å². The van der Waals surface area contributed by atoms with Crippen LogP contribution in [0, 0.1) is 0 Å². The van der Waals surface area contributed by atoms with Crippen molar-refractivity contribution in [2.45, 2.75) is 32.5 Å². The Morgan fingerprint density at radius 2 is 1.64 bits per heavy atom. The molecule has 0 aliphatic heterocycles. The van der Waals surface area contributed by atoms with Gasteiger partial charge in [-0.25, -0.2) is 0 Å². The van der Waals surface area contributed by atoms with Gasteiger partial charge in [-0.15, -0.1) is 0 Å². The van der Waals surface area contributed by atoms with Gasteiger partial charge in [-0.05, 0) is 45.0 Å². The number of nitrogens with zero attached hydrogens (tertiary/aromatic N) is 1. The second-order valence-electron chi connectivity index (χ2n) is 6.73. The monoisotopic (exact) mass is 345 g/mol. The van der Waals surface area contributed by atoms with Gasteiger partial charge in [0.1, 0.15) is 6.10 Å². The summed E-state index contributed by atoms with van der Waals surface area (Å²) in [5, 5.41) is 12.7. The van der Waals surface area contributed by atoms with Crippen LogP contribution in [-0.4, -0.2) is 16.1 Å². The maximum absolute atomic E-state index is 11.8. The number of aromatic nitrogens is 1. The number of fused-ring (bicyclic) bond motifs is 1. The molecule has 1 aromatic heterocycles. The minimum Gasteiger partial charge on any atom is -0.547 e. The molecule has 0 amide bonds. The fourth-order valence-electron chi connectivity index (χ4n) is 2.82. The zero-order valence-electron chi connectivity index (χ0n) is 15.0. The van der Waals surface area contributed by atoms with E-state index in [1.165, 1.54) is 0 Å². The van der Waals surface area contributed by atoms with Crippen molar-refractivity contribution < 1.29 is 44.2 Å². The second kappa shape index (κ2) is 7.75. The van der Waals surface area contributed by atoms with E-state index in [0.29, 0.717) is 5.69 Å². The van der Waals surface area contributed by atoms with E-state index in [1.54, 1.807) is 0 Å². The Balaban J connectivity index is 0.00000225. The molecule has 1 unspecified atom stereocenters. The molecule has 0 radical (unpaired) electrons. The third-order valence-electron chi connectivity index (χ3n) is 3.71. The predicted molar refractivity (Wildman–Crippen MR) is 91.9 cm³/mol. The van der Waals surface area contributed by atoms with Crippen LogP contribution in [-0.2, 0) is 9.53 Å². The fourth-order valence-corrected chi connectivity index (χ4v) is 2.82. The molecule has 0 saturated carbocycles. The minimum absolute atomic E-state index is 0. The van der Waals surface area contributed by atoms with Gasteiger partial charge in [0.25, 0.3) is 0 Å². The average molecular weight is 345 g/mol. The van der Waals surface area contributed by atoms with E-state index < -0.39 is 17.7 Å². The normalized spacial score (nSPS) is 12.6. The Kier molecular flexibility index (Phi) is 6.12. The zero-order chi connectivity index (χ0) is 17.3. The maximum atomic E-state index is 11.8. The Labute approximate surface area is 169 Å². The van der Waals surface area contributed by atoms with Gasteiger partial charge in [0.15, 0.2) is 0 Å². The number of aliphatic carboxylic acids is 1. The third kappa shape index (κ3) is 4.33. The molecule has 0 spiro atoms. The molecule has 0 bridgehead atoms. The number of carbonyl (C=O) groups excluding carboxylic acids is 1. The largest absolute Gasteiger partial charge is 1.00 e. The van der Waals surface area contributed by atoms with Crippen LogP contribution >= 0.6 is 0 Å². The Hall–Kier alpha value is -1.59. The summed E-state index contributed by atoms with van der Waals surface area (Å²) in [5.41, 5.74) is 1.76. The van der Waals surface area contributed by atoms with Crippen molar-refractivity contribution >= 4 is 16.9 Å². The van der Waals surface area contributed by atoms with Crippen molar-refractivity contribution in [1.82, 2.24) is 4.57 Å². The summed E-state index contributed by atoms with van der Waals surface area (Å²) in [6.07, 6.45) is -1.15. The predicted octanol–water partition coefficient (Wildman–Crippen LogP) is 0.241. The molecule has 0 saturated heterocycles. The average Bonchev–Trinajstić information content (AvgIpc) is 2.91. The molecule has 2 aromatic carbocycles. The first-order valence-corrected chi connectivity index (χ1v) is 7.91. The summed E-state index contributed by atoms with van der Waals surface area (Å²) in [7, 11) is 0. The van der Waals surface area contributed by atoms with Crippen molar-refractivity contribution in [3.8, 4) is 5.69 Å². The molecule has 25 heavy (non-hydrogen) atoms. The van der Waals surface area contributed by atoms with Crippen LogP contribution in [0.4, 0.5) is 0 Å². The van der Waals surface area contributed by atoms with E-state index in [9.17, 15) is 9.90 Å². The molecule has 5 heteroatoms. The first-order chi connectivity index (χ1) is 11.4. The summed E-state index contributed by atoms with van der Waals surface area (Å²) in [6, 6.07) is 19.3. The smallest absolute Gasteiger partial charge is 0.547 e. The molecule has 3 aromatic rings. The SMILES string of the molecule is CC(C)(C)OC(C(=O)[O-])c1cc2ccccc2n1-c1ccccc1.[Na+]. The van der Waals surface area contributed by atoms with E-state index in [2.05, 4.69) is 0 Å². The van der Waals surface area contributed by atoms with Gasteiger partial charge in [0, 0.05) is 11.1 Å². The van der Waals surface area contributed by atoms with Crippen LogP contribution in [0.5, 0.6) is 0 Å². The standard InChI is InChI=1S/C20H21NO3.Na/c1-20(2,3)24-18(19(22)23)17-13-14-9-7-8-12-16(14)21(17)15-10-5-4-6-11-15;/h4-13,18H,1-3H3,(H,22,23);/q;+1/p-1. The first-order valence-electron chi connectivity index (χ1n) is 7.91. The fraction of sp³-hybridized carbons (Fsp3) is 0.250. The molecule has 3 rings (SSSR count). The minimum atomic E-state index is -1.25. The van der Waals surface area contributed by atoms with Gasteiger partial charge < -0.3 is 19.2 Å². The Morgan fingerprint density at radius 3 is 2.24 bits per heavy atom. The van der Waals surface area contributed by atoms with E-state index >= 15 is 0 Å². The van der Waals surface area contributed by atoms with Gasteiger partial charge in [0.2, 0.25) is 0 Å². The summed E-state index contributed by atoms with van der Waals surface area (Å²) in [4.78, 5) is 11.8. The second-order valence-corrected chi connectivity index (χ2v) is 6.73. The molecule has 0 fully saturated rings. The van der Waals surface area contributed by atoms with Gasteiger partial charge >= 0.3 is 29.6 Å². The number of carboxylic acids is 1. The number of benzene rings is 2. The quantitative estimate of drug-likeness (QED) is 0.637. The Morgan fingerprint density at radius 1 is 1.04 bits per heavy atom. The maximum Gasteiger partial charge on any atom is 1.00 e. The van der Waals surface area contributed by atoms with E-state index in [4.69, 9.17) is 4.74 Å². The molecule has 1 heterocycles. The summed E-state index contributed by atoms with van der Waals surface area (Å²) < 4.78 is 7.71. The van der Waals surface area contributed by atoms with Crippen molar-refractivity contribution in [2.75, 3.05) is 0 Å². The van der Waals surface area contributed by atoms with E-state index in [-0.39, 0.29) is 29.6 Å². The van der Waals surface area contributed by atoms with E-state index in [0.717, 1.165) is 16.6 Å². The van der Waals surface area contributed by atoms with Crippen molar-refractivity contribution in [2.24, 2.45) is 0 Å². The van der Waals surface area contributed by atoms with Crippen LogP contribution in [0.3, 0.4) is 0 Å². The molecule has 0 aliphatic rings. The van der Waals surface area contributed by atoms with Gasteiger partial charge in [-0.1, -0.05) is 36.4 Å².